The lowest BCUT2D eigenvalue weighted by atomic mass is 9.77. The maximum atomic E-state index is 10.7. The Morgan fingerprint density at radius 1 is 1.25 bits per heavy atom. The maximum absolute atomic E-state index is 10.7. The van der Waals surface area contributed by atoms with Crippen LogP contribution in [-0.2, 0) is 6.54 Å². The summed E-state index contributed by atoms with van der Waals surface area (Å²) in [6.45, 7) is 5.27. The molecule has 1 saturated carbocycles. The summed E-state index contributed by atoms with van der Waals surface area (Å²) < 4.78 is 7.32. The molecule has 0 spiro atoms. The molecule has 148 valence electrons. The first-order chi connectivity index (χ1) is 13.6. The van der Waals surface area contributed by atoms with Crippen LogP contribution in [0.3, 0.4) is 0 Å². The largest absolute Gasteiger partial charge is 0.497 e. The highest BCUT2D eigenvalue weighted by Crippen LogP contribution is 2.41. The van der Waals surface area contributed by atoms with Gasteiger partial charge in [0.05, 0.1) is 19.3 Å². The predicted octanol–water partition coefficient (Wildman–Crippen LogP) is 3.13. The van der Waals surface area contributed by atoms with Crippen LogP contribution in [-0.4, -0.2) is 51.1 Å². The van der Waals surface area contributed by atoms with E-state index < -0.39 is 0 Å². The third-order valence-electron chi connectivity index (χ3n) is 6.80. The molecule has 2 N–H and O–H groups in total. The maximum Gasteiger partial charge on any atom is 0.119 e. The van der Waals surface area contributed by atoms with E-state index in [-0.39, 0.29) is 12.1 Å². The fourth-order valence-corrected chi connectivity index (χ4v) is 5.26. The summed E-state index contributed by atoms with van der Waals surface area (Å²) in [4.78, 5) is 6.15. The molecule has 0 unspecified atom stereocenters. The van der Waals surface area contributed by atoms with E-state index in [0.717, 1.165) is 38.2 Å². The zero-order chi connectivity index (χ0) is 19.3. The Kier molecular flexibility index (Phi) is 4.40. The first-order valence-corrected chi connectivity index (χ1v) is 10.2. The minimum absolute atomic E-state index is 0.110. The Balaban J connectivity index is 1.32. The Hall–Kier alpha value is -2.31. The number of aryl methyl sites for hydroxylation is 1. The molecule has 2 aromatic heterocycles. The van der Waals surface area contributed by atoms with Crippen molar-refractivity contribution in [3.63, 3.8) is 0 Å². The van der Waals surface area contributed by atoms with Crippen LogP contribution in [0.5, 0.6) is 5.75 Å². The van der Waals surface area contributed by atoms with Gasteiger partial charge in [-0.25, -0.2) is 0 Å². The molecule has 28 heavy (non-hydrogen) atoms. The number of aromatic nitrogens is 3. The monoisotopic (exact) mass is 380 g/mol. The van der Waals surface area contributed by atoms with Gasteiger partial charge in [-0.3, -0.25) is 9.58 Å². The van der Waals surface area contributed by atoms with Crippen molar-refractivity contribution in [1.29, 1.82) is 0 Å². The number of fused-ring (bicyclic) bond motifs is 2. The summed E-state index contributed by atoms with van der Waals surface area (Å²) in [7, 11) is 1.71. The van der Waals surface area contributed by atoms with Crippen molar-refractivity contribution in [3.05, 3.63) is 47.9 Å². The molecule has 6 nitrogen and oxygen atoms in total. The van der Waals surface area contributed by atoms with Crippen molar-refractivity contribution in [1.82, 2.24) is 19.7 Å². The number of ether oxygens (including phenoxy) is 1. The average molecular weight is 380 g/mol. The molecule has 4 atom stereocenters. The van der Waals surface area contributed by atoms with Gasteiger partial charge in [-0.05, 0) is 61.4 Å². The van der Waals surface area contributed by atoms with Crippen molar-refractivity contribution < 1.29 is 9.84 Å². The standard InChI is InChI=1S/C22H28N4O2/c1-14-18-10-17(28-2)4-5-19(18)24-20(14)13-25-11-15-8-21(26-7-3-6-23-26)22(27)9-16(15)12-25/h3-7,10,15-16,21-22,24,27H,8-9,11-13H2,1-2H3/t15-,16+,21-,22-/m1/s1. The highest BCUT2D eigenvalue weighted by Gasteiger charge is 2.42. The van der Waals surface area contributed by atoms with Crippen molar-refractivity contribution >= 4 is 10.9 Å². The van der Waals surface area contributed by atoms with Gasteiger partial charge >= 0.3 is 0 Å². The lowest BCUT2D eigenvalue weighted by Crippen LogP contribution is -2.36. The number of aliphatic hydroxyl groups excluding tert-OH is 1. The first-order valence-electron chi connectivity index (χ1n) is 10.2. The fourth-order valence-electron chi connectivity index (χ4n) is 5.26. The molecular weight excluding hydrogens is 352 g/mol. The van der Waals surface area contributed by atoms with Gasteiger partial charge in [0.2, 0.25) is 0 Å². The number of methoxy groups -OCH3 is 1. The van der Waals surface area contributed by atoms with Crippen molar-refractivity contribution in [2.24, 2.45) is 11.8 Å². The zero-order valence-corrected chi connectivity index (χ0v) is 16.5. The summed E-state index contributed by atoms with van der Waals surface area (Å²) in [6, 6.07) is 8.26. The van der Waals surface area contributed by atoms with E-state index in [1.54, 1.807) is 13.3 Å². The summed E-state index contributed by atoms with van der Waals surface area (Å²) in [6.07, 6.45) is 5.35. The molecule has 1 aromatic carbocycles. The van der Waals surface area contributed by atoms with E-state index in [1.807, 2.05) is 23.0 Å². The molecule has 2 fully saturated rings. The summed E-state index contributed by atoms with van der Waals surface area (Å²) in [5.74, 6) is 2.10. The Bertz CT molecular complexity index is 964. The molecule has 0 amide bonds. The number of hydrogen-bond acceptors (Lipinski definition) is 4. The van der Waals surface area contributed by atoms with Crippen LogP contribution in [0.15, 0.2) is 36.7 Å². The van der Waals surface area contributed by atoms with E-state index in [0.29, 0.717) is 11.8 Å². The van der Waals surface area contributed by atoms with E-state index in [4.69, 9.17) is 4.74 Å². The third-order valence-corrected chi connectivity index (χ3v) is 6.80. The number of nitrogens with zero attached hydrogens (tertiary/aromatic N) is 3. The molecule has 6 heteroatoms. The van der Waals surface area contributed by atoms with E-state index in [1.165, 1.54) is 22.2 Å². The Morgan fingerprint density at radius 3 is 2.82 bits per heavy atom. The summed E-state index contributed by atoms with van der Waals surface area (Å²) >= 11 is 0. The molecule has 3 heterocycles. The fraction of sp³-hybridized carbons (Fsp3) is 0.500. The number of H-pyrrole nitrogens is 1. The molecule has 5 rings (SSSR count). The van der Waals surface area contributed by atoms with Crippen LogP contribution in [0.4, 0.5) is 0 Å². The zero-order valence-electron chi connectivity index (χ0n) is 16.5. The van der Waals surface area contributed by atoms with Crippen molar-refractivity contribution in [2.45, 2.75) is 38.5 Å². The van der Waals surface area contributed by atoms with Crippen molar-refractivity contribution in [2.75, 3.05) is 20.2 Å². The van der Waals surface area contributed by atoms with Crippen LogP contribution in [0, 0.1) is 18.8 Å². The quantitative estimate of drug-likeness (QED) is 0.730. The topological polar surface area (TPSA) is 66.3 Å². The van der Waals surface area contributed by atoms with Gasteiger partial charge < -0.3 is 14.8 Å². The number of hydrogen-bond donors (Lipinski definition) is 2. The number of aromatic amines is 1. The van der Waals surface area contributed by atoms with Crippen LogP contribution >= 0.6 is 0 Å². The molecule has 1 aliphatic heterocycles. The normalized spacial score (nSPS) is 28.0. The molecular formula is C22H28N4O2. The molecule has 2 aliphatic rings. The second-order valence-corrected chi connectivity index (χ2v) is 8.45. The van der Waals surface area contributed by atoms with Crippen LogP contribution in [0.2, 0.25) is 0 Å². The van der Waals surface area contributed by atoms with Gasteiger partial charge in [-0.2, -0.15) is 5.10 Å². The van der Waals surface area contributed by atoms with Gasteiger partial charge in [0.1, 0.15) is 5.75 Å². The molecule has 0 bridgehead atoms. The minimum atomic E-state index is -0.302. The van der Waals surface area contributed by atoms with Gasteiger partial charge in [0.25, 0.3) is 0 Å². The number of nitrogens with one attached hydrogen (secondary N) is 1. The lowest BCUT2D eigenvalue weighted by Gasteiger charge is -2.35. The number of likely N-dealkylation sites (tertiary alicyclic amines) is 1. The number of rotatable bonds is 4. The first kappa shape index (κ1) is 17.8. The van der Waals surface area contributed by atoms with Gasteiger partial charge in [-0.15, -0.1) is 0 Å². The third kappa shape index (κ3) is 3.01. The Labute approximate surface area is 165 Å². The van der Waals surface area contributed by atoms with Gasteiger partial charge in [0.15, 0.2) is 0 Å². The summed E-state index contributed by atoms with van der Waals surface area (Å²) in [5, 5.41) is 16.3. The second kappa shape index (κ2) is 6.94. The smallest absolute Gasteiger partial charge is 0.119 e. The van der Waals surface area contributed by atoms with Gasteiger partial charge in [0, 0.05) is 48.6 Å². The second-order valence-electron chi connectivity index (χ2n) is 8.45. The van der Waals surface area contributed by atoms with E-state index in [9.17, 15) is 5.11 Å². The number of aliphatic hydroxyl groups is 1. The SMILES string of the molecule is COc1ccc2[nH]c(CN3C[C@H]4C[C@@H](n5cccn5)[C@H](O)C[C@H]4C3)c(C)c2c1. The van der Waals surface area contributed by atoms with Crippen LogP contribution < -0.4 is 4.74 Å². The average Bonchev–Trinajstić information content (AvgIpc) is 3.41. The summed E-state index contributed by atoms with van der Waals surface area (Å²) in [5.41, 5.74) is 3.75. The number of benzene rings is 1. The lowest BCUT2D eigenvalue weighted by molar-refractivity contribution is 0.0306. The Morgan fingerprint density at radius 2 is 2.07 bits per heavy atom. The minimum Gasteiger partial charge on any atom is -0.497 e. The molecule has 0 radical (unpaired) electrons. The highest BCUT2D eigenvalue weighted by atomic mass is 16.5. The van der Waals surface area contributed by atoms with Gasteiger partial charge in [-0.1, -0.05) is 0 Å². The van der Waals surface area contributed by atoms with E-state index in [2.05, 4.69) is 34.0 Å². The van der Waals surface area contributed by atoms with E-state index >= 15 is 0 Å². The highest BCUT2D eigenvalue weighted by molar-refractivity contribution is 5.85. The van der Waals surface area contributed by atoms with Crippen molar-refractivity contribution in [3.8, 4) is 5.75 Å². The predicted molar refractivity (Wildman–Crippen MR) is 108 cm³/mol. The van der Waals surface area contributed by atoms with Crippen LogP contribution in [0.1, 0.15) is 30.1 Å². The molecule has 3 aromatic rings. The molecule has 1 saturated heterocycles. The molecule has 1 aliphatic carbocycles. The van der Waals surface area contributed by atoms with Crippen LogP contribution in [0.25, 0.3) is 10.9 Å².